The number of aliphatic carboxylic acids is 1. The summed E-state index contributed by atoms with van der Waals surface area (Å²) >= 11 is 0. The van der Waals surface area contributed by atoms with E-state index in [-0.39, 0.29) is 19.1 Å². The summed E-state index contributed by atoms with van der Waals surface area (Å²) in [5.41, 5.74) is 3.65. The number of alkyl carbamates (subject to hydrolysis) is 1. The fraction of sp³-hybridized carbons (Fsp3) is 0.444. The number of carboxylic acid groups (broad SMARTS) is 1. The predicted molar refractivity (Wildman–Crippen MR) is 128 cm³/mol. The zero-order valence-corrected chi connectivity index (χ0v) is 19.5. The Hall–Kier alpha value is -3.39. The van der Waals surface area contributed by atoms with Crippen LogP contribution in [0, 0.1) is 5.41 Å². The highest BCUT2D eigenvalue weighted by atomic mass is 16.6. The molecule has 184 valence electrons. The highest BCUT2D eigenvalue weighted by molar-refractivity contribution is 5.84. The summed E-state index contributed by atoms with van der Waals surface area (Å²) in [6.45, 7) is 0.584. The van der Waals surface area contributed by atoms with E-state index in [1.807, 2.05) is 24.3 Å². The van der Waals surface area contributed by atoms with E-state index in [2.05, 4.69) is 34.9 Å². The summed E-state index contributed by atoms with van der Waals surface area (Å²) in [5, 5.41) is 15.2. The van der Waals surface area contributed by atoms with Crippen LogP contribution in [-0.4, -0.2) is 55.0 Å². The van der Waals surface area contributed by atoms with Crippen molar-refractivity contribution in [2.24, 2.45) is 5.41 Å². The van der Waals surface area contributed by atoms with Crippen LogP contribution >= 0.6 is 0 Å². The Balaban J connectivity index is 1.17. The standard InChI is InChI=1S/C27H30N2O6/c30-24(28-16-27(25(31)32)12-5-6-13-27)23-22(11-14-34-23)29-26(33)35-15-21-19-9-3-1-7-17(19)18-8-2-4-10-20(18)21/h1-4,7-10,21-23H,5-6,11-16H2,(H,28,30)(H,29,33)(H,31,32). The normalized spacial score (nSPS) is 22.3. The summed E-state index contributed by atoms with van der Waals surface area (Å²) < 4.78 is 11.2. The fourth-order valence-corrected chi connectivity index (χ4v) is 5.66. The van der Waals surface area contributed by atoms with Gasteiger partial charge in [0.05, 0.1) is 11.5 Å². The molecule has 2 fully saturated rings. The molecule has 8 nitrogen and oxygen atoms in total. The predicted octanol–water partition coefficient (Wildman–Crippen LogP) is 3.44. The monoisotopic (exact) mass is 478 g/mol. The van der Waals surface area contributed by atoms with Crippen molar-refractivity contribution in [3.8, 4) is 11.1 Å². The smallest absolute Gasteiger partial charge is 0.407 e. The molecule has 0 spiro atoms. The van der Waals surface area contributed by atoms with Gasteiger partial charge in [0, 0.05) is 19.1 Å². The maximum Gasteiger partial charge on any atom is 0.407 e. The SMILES string of the molecule is O=C(NC1CCOC1C(=O)NCC1(C(=O)O)CCCC1)OCC1c2ccccc2-c2ccccc21. The van der Waals surface area contributed by atoms with Crippen LogP contribution in [0.3, 0.4) is 0 Å². The van der Waals surface area contributed by atoms with Crippen LogP contribution in [-0.2, 0) is 19.1 Å². The number of benzene rings is 2. The first-order valence-corrected chi connectivity index (χ1v) is 12.2. The van der Waals surface area contributed by atoms with Crippen LogP contribution in [0.25, 0.3) is 11.1 Å². The van der Waals surface area contributed by atoms with Crippen LogP contribution in [0.2, 0.25) is 0 Å². The van der Waals surface area contributed by atoms with E-state index in [1.54, 1.807) is 0 Å². The molecule has 2 aliphatic carbocycles. The summed E-state index contributed by atoms with van der Waals surface area (Å²) in [6, 6.07) is 15.7. The lowest BCUT2D eigenvalue weighted by Gasteiger charge is -2.26. The number of hydrogen-bond donors (Lipinski definition) is 3. The minimum atomic E-state index is -0.913. The van der Waals surface area contributed by atoms with Crippen molar-refractivity contribution in [2.75, 3.05) is 19.8 Å². The fourth-order valence-electron chi connectivity index (χ4n) is 5.66. The third-order valence-corrected chi connectivity index (χ3v) is 7.61. The van der Waals surface area contributed by atoms with Gasteiger partial charge in [-0.3, -0.25) is 9.59 Å². The topological polar surface area (TPSA) is 114 Å². The second-order valence-electron chi connectivity index (χ2n) is 9.67. The number of rotatable bonds is 7. The number of nitrogens with one attached hydrogen (secondary N) is 2. The Bertz CT molecular complexity index is 1080. The van der Waals surface area contributed by atoms with Gasteiger partial charge in [-0.2, -0.15) is 0 Å². The Morgan fingerprint density at radius 3 is 2.26 bits per heavy atom. The highest BCUT2D eigenvalue weighted by Gasteiger charge is 2.43. The van der Waals surface area contributed by atoms with Crippen molar-refractivity contribution in [1.29, 1.82) is 0 Å². The third kappa shape index (κ3) is 4.50. The lowest BCUT2D eigenvalue weighted by molar-refractivity contribution is -0.148. The number of hydrogen-bond acceptors (Lipinski definition) is 5. The highest BCUT2D eigenvalue weighted by Crippen LogP contribution is 2.44. The average molecular weight is 479 g/mol. The molecule has 2 atom stereocenters. The van der Waals surface area contributed by atoms with E-state index < -0.39 is 35.5 Å². The molecule has 2 amide bonds. The molecule has 0 radical (unpaired) electrons. The number of carbonyl (C=O) groups excluding carboxylic acids is 2. The van der Waals surface area contributed by atoms with E-state index in [4.69, 9.17) is 9.47 Å². The Morgan fingerprint density at radius 2 is 1.63 bits per heavy atom. The first-order chi connectivity index (χ1) is 17.0. The molecule has 1 saturated carbocycles. The molecule has 2 unspecified atom stereocenters. The van der Waals surface area contributed by atoms with Crippen LogP contribution in [0.4, 0.5) is 4.79 Å². The van der Waals surface area contributed by atoms with Crippen LogP contribution in [0.1, 0.15) is 49.1 Å². The molecule has 8 heteroatoms. The quantitative estimate of drug-likeness (QED) is 0.562. The zero-order chi connectivity index (χ0) is 24.4. The molecule has 5 rings (SSSR count). The molecule has 1 aliphatic heterocycles. The first-order valence-electron chi connectivity index (χ1n) is 12.2. The van der Waals surface area contributed by atoms with Crippen molar-refractivity contribution in [2.45, 2.75) is 50.2 Å². The lowest BCUT2D eigenvalue weighted by Crippen LogP contribution is -2.51. The summed E-state index contributed by atoms with van der Waals surface area (Å²) in [5.74, 6) is -1.33. The number of ether oxygens (including phenoxy) is 2. The third-order valence-electron chi connectivity index (χ3n) is 7.61. The Morgan fingerprint density at radius 1 is 1.00 bits per heavy atom. The molecule has 0 bridgehead atoms. The van der Waals surface area contributed by atoms with Gasteiger partial charge < -0.3 is 25.2 Å². The molecule has 35 heavy (non-hydrogen) atoms. The van der Waals surface area contributed by atoms with Gasteiger partial charge in [-0.25, -0.2) is 4.79 Å². The maximum atomic E-state index is 12.8. The van der Waals surface area contributed by atoms with E-state index in [0.717, 1.165) is 35.1 Å². The second kappa shape index (κ2) is 9.70. The number of fused-ring (bicyclic) bond motifs is 3. The largest absolute Gasteiger partial charge is 0.481 e. The van der Waals surface area contributed by atoms with E-state index >= 15 is 0 Å². The molecule has 2 aromatic rings. The summed E-state index contributed by atoms with van der Waals surface area (Å²) in [4.78, 5) is 37.2. The molecule has 3 aliphatic rings. The summed E-state index contributed by atoms with van der Waals surface area (Å²) in [7, 11) is 0. The Kier molecular flexibility index (Phi) is 6.47. The van der Waals surface area contributed by atoms with Crippen LogP contribution in [0.15, 0.2) is 48.5 Å². The van der Waals surface area contributed by atoms with E-state index in [9.17, 15) is 19.5 Å². The maximum absolute atomic E-state index is 12.8. The van der Waals surface area contributed by atoms with Crippen molar-refractivity contribution in [1.82, 2.24) is 10.6 Å². The van der Waals surface area contributed by atoms with Crippen LogP contribution < -0.4 is 10.6 Å². The first kappa shape index (κ1) is 23.4. The van der Waals surface area contributed by atoms with Gasteiger partial charge in [0.1, 0.15) is 6.61 Å². The van der Waals surface area contributed by atoms with Gasteiger partial charge >= 0.3 is 12.1 Å². The van der Waals surface area contributed by atoms with Gasteiger partial charge in [-0.05, 0) is 41.5 Å². The lowest BCUT2D eigenvalue weighted by atomic mass is 9.86. The van der Waals surface area contributed by atoms with Crippen molar-refractivity contribution < 1.29 is 29.0 Å². The van der Waals surface area contributed by atoms with E-state index in [1.165, 1.54) is 0 Å². The van der Waals surface area contributed by atoms with Crippen molar-refractivity contribution >= 4 is 18.0 Å². The minimum absolute atomic E-state index is 0.0503. The molecular formula is C27H30N2O6. The van der Waals surface area contributed by atoms with E-state index in [0.29, 0.717) is 25.9 Å². The molecule has 1 saturated heterocycles. The second-order valence-corrected chi connectivity index (χ2v) is 9.67. The molecule has 2 aromatic carbocycles. The summed E-state index contributed by atoms with van der Waals surface area (Å²) in [6.07, 6.45) is 1.79. The number of carboxylic acids is 1. The van der Waals surface area contributed by atoms with Gasteiger partial charge in [0.15, 0.2) is 6.10 Å². The van der Waals surface area contributed by atoms with Crippen LogP contribution in [0.5, 0.6) is 0 Å². The van der Waals surface area contributed by atoms with Gasteiger partial charge in [-0.1, -0.05) is 61.4 Å². The number of carbonyl (C=O) groups is 3. The van der Waals surface area contributed by atoms with Crippen molar-refractivity contribution in [3.05, 3.63) is 59.7 Å². The van der Waals surface area contributed by atoms with Gasteiger partial charge in [0.2, 0.25) is 0 Å². The Labute approximate surface area is 204 Å². The molecule has 1 heterocycles. The van der Waals surface area contributed by atoms with Gasteiger partial charge in [-0.15, -0.1) is 0 Å². The zero-order valence-electron chi connectivity index (χ0n) is 19.5. The molecule has 3 N–H and O–H groups in total. The number of amides is 2. The molecular weight excluding hydrogens is 448 g/mol. The van der Waals surface area contributed by atoms with Crippen molar-refractivity contribution in [3.63, 3.8) is 0 Å². The minimum Gasteiger partial charge on any atom is -0.481 e. The average Bonchev–Trinajstić information content (AvgIpc) is 3.60. The molecule has 0 aromatic heterocycles. The van der Waals surface area contributed by atoms with Gasteiger partial charge in [0.25, 0.3) is 5.91 Å².